The van der Waals surface area contributed by atoms with Crippen LogP contribution in [0.3, 0.4) is 0 Å². The first-order valence-corrected chi connectivity index (χ1v) is 5.06. The molecule has 0 atom stereocenters. The van der Waals surface area contributed by atoms with Gasteiger partial charge < -0.3 is 10.2 Å². The Morgan fingerprint density at radius 1 is 1.46 bits per heavy atom. The predicted molar refractivity (Wildman–Crippen MR) is 51.5 cm³/mol. The number of nitrogens with two attached hydrogens (primary N) is 1. The van der Waals surface area contributed by atoms with Crippen molar-refractivity contribution in [2.45, 2.75) is 44.9 Å². The molecule has 13 heavy (non-hydrogen) atoms. The zero-order valence-electron chi connectivity index (χ0n) is 8.05. The van der Waals surface area contributed by atoms with E-state index in [2.05, 4.69) is 11.9 Å². The molecule has 2 rings (SSSR count). The van der Waals surface area contributed by atoms with E-state index in [1.54, 1.807) is 0 Å². The molecule has 2 N–H and O–H groups in total. The molecule has 0 unspecified atom stereocenters. The molecule has 3 heteroatoms. The van der Waals surface area contributed by atoms with Crippen LogP contribution in [-0.2, 0) is 6.42 Å². The zero-order valence-corrected chi connectivity index (χ0v) is 8.05. The summed E-state index contributed by atoms with van der Waals surface area (Å²) in [6.07, 6.45) is 6.04. The van der Waals surface area contributed by atoms with Gasteiger partial charge in [0.15, 0.2) is 0 Å². The normalized spacial score (nSPS) is 18.2. The van der Waals surface area contributed by atoms with Gasteiger partial charge in [-0.25, -0.2) is 0 Å². The van der Waals surface area contributed by atoms with Gasteiger partial charge >= 0.3 is 0 Å². The van der Waals surface area contributed by atoms with E-state index in [0.717, 1.165) is 17.9 Å². The minimum absolute atomic E-state index is 0.332. The molecular formula is C10H16N2O. The monoisotopic (exact) mass is 180 g/mol. The van der Waals surface area contributed by atoms with Crippen molar-refractivity contribution in [1.82, 2.24) is 4.98 Å². The van der Waals surface area contributed by atoms with Crippen LogP contribution in [0.4, 0.5) is 6.01 Å². The van der Waals surface area contributed by atoms with Crippen LogP contribution in [0.15, 0.2) is 4.42 Å². The smallest absolute Gasteiger partial charge is 0.292 e. The van der Waals surface area contributed by atoms with Crippen LogP contribution in [0, 0.1) is 0 Å². The third kappa shape index (κ3) is 1.55. The summed E-state index contributed by atoms with van der Waals surface area (Å²) in [5.74, 6) is 1.60. The molecule has 3 nitrogen and oxygen atoms in total. The van der Waals surface area contributed by atoms with Gasteiger partial charge in [-0.15, -0.1) is 0 Å². The maximum Gasteiger partial charge on any atom is 0.292 e. The third-order valence-corrected chi connectivity index (χ3v) is 2.81. The van der Waals surface area contributed by atoms with Gasteiger partial charge in [0.2, 0.25) is 0 Å². The highest BCUT2D eigenvalue weighted by atomic mass is 16.4. The quantitative estimate of drug-likeness (QED) is 0.760. The van der Waals surface area contributed by atoms with E-state index in [-0.39, 0.29) is 0 Å². The summed E-state index contributed by atoms with van der Waals surface area (Å²) in [6, 6.07) is 0.332. The molecule has 1 aromatic heterocycles. The maximum absolute atomic E-state index is 5.54. The van der Waals surface area contributed by atoms with E-state index in [9.17, 15) is 0 Å². The lowest BCUT2D eigenvalue weighted by molar-refractivity contribution is 0.520. The van der Waals surface area contributed by atoms with Gasteiger partial charge in [-0.05, 0) is 12.8 Å². The van der Waals surface area contributed by atoms with Crippen molar-refractivity contribution in [2.75, 3.05) is 5.73 Å². The summed E-state index contributed by atoms with van der Waals surface area (Å²) in [4.78, 5) is 4.27. The molecule has 1 aromatic rings. The average molecular weight is 180 g/mol. The van der Waals surface area contributed by atoms with Gasteiger partial charge in [-0.3, -0.25) is 0 Å². The Hall–Kier alpha value is -0.990. The van der Waals surface area contributed by atoms with Crippen LogP contribution in [0.1, 0.15) is 50.0 Å². The Morgan fingerprint density at radius 2 is 2.15 bits per heavy atom. The number of nitrogen functional groups attached to an aromatic ring is 1. The molecule has 1 fully saturated rings. The van der Waals surface area contributed by atoms with Crippen LogP contribution in [0.2, 0.25) is 0 Å². The number of oxazole rings is 1. The van der Waals surface area contributed by atoms with Gasteiger partial charge in [0.1, 0.15) is 5.76 Å². The van der Waals surface area contributed by atoms with Crippen LogP contribution in [0.25, 0.3) is 0 Å². The highest BCUT2D eigenvalue weighted by Crippen LogP contribution is 2.35. The Labute approximate surface area is 78.3 Å². The van der Waals surface area contributed by atoms with E-state index >= 15 is 0 Å². The number of anilines is 1. The summed E-state index contributed by atoms with van der Waals surface area (Å²) in [7, 11) is 0. The van der Waals surface area contributed by atoms with Gasteiger partial charge in [-0.2, -0.15) is 4.98 Å². The first-order chi connectivity index (χ1) is 6.31. The highest BCUT2D eigenvalue weighted by molar-refractivity contribution is 5.23. The molecule has 1 aliphatic rings. The number of aromatic nitrogens is 1. The molecule has 0 aromatic carbocycles. The predicted octanol–water partition coefficient (Wildman–Crippen LogP) is 2.48. The fraction of sp³-hybridized carbons (Fsp3) is 0.700. The van der Waals surface area contributed by atoms with Crippen molar-refractivity contribution in [3.63, 3.8) is 0 Å². The maximum atomic E-state index is 5.54. The fourth-order valence-electron chi connectivity index (χ4n) is 2.15. The Kier molecular flexibility index (Phi) is 2.25. The molecule has 0 bridgehead atoms. The van der Waals surface area contributed by atoms with E-state index < -0.39 is 0 Å². The third-order valence-electron chi connectivity index (χ3n) is 2.81. The Balaban J connectivity index is 2.26. The first-order valence-electron chi connectivity index (χ1n) is 5.06. The largest absolute Gasteiger partial charge is 0.429 e. The lowest BCUT2D eigenvalue weighted by Gasteiger charge is -2.05. The molecule has 1 heterocycles. The van der Waals surface area contributed by atoms with Crippen molar-refractivity contribution in [3.05, 3.63) is 11.5 Å². The minimum Gasteiger partial charge on any atom is -0.429 e. The second-order valence-electron chi connectivity index (χ2n) is 3.70. The zero-order chi connectivity index (χ0) is 9.26. The van der Waals surface area contributed by atoms with Crippen LogP contribution < -0.4 is 5.73 Å². The molecule has 0 saturated heterocycles. The molecule has 0 aliphatic heterocycles. The summed E-state index contributed by atoms with van der Waals surface area (Å²) < 4.78 is 5.34. The number of hydrogen-bond acceptors (Lipinski definition) is 3. The van der Waals surface area contributed by atoms with Crippen molar-refractivity contribution in [1.29, 1.82) is 0 Å². The summed E-state index contributed by atoms with van der Waals surface area (Å²) in [5.41, 5.74) is 6.67. The molecule has 0 amide bonds. The SMILES string of the molecule is CCc1oc(N)nc1C1CCCC1. The average Bonchev–Trinajstić information content (AvgIpc) is 2.71. The van der Waals surface area contributed by atoms with Crippen LogP contribution >= 0.6 is 0 Å². The second kappa shape index (κ2) is 3.40. The molecular weight excluding hydrogens is 164 g/mol. The second-order valence-corrected chi connectivity index (χ2v) is 3.70. The van der Waals surface area contributed by atoms with Gasteiger partial charge in [0.25, 0.3) is 6.01 Å². The van der Waals surface area contributed by atoms with Crippen molar-refractivity contribution >= 4 is 6.01 Å². The van der Waals surface area contributed by atoms with Crippen molar-refractivity contribution in [2.24, 2.45) is 0 Å². The molecule has 1 aliphatic carbocycles. The number of rotatable bonds is 2. The minimum atomic E-state index is 0.332. The van der Waals surface area contributed by atoms with Crippen molar-refractivity contribution < 1.29 is 4.42 Å². The number of nitrogens with zero attached hydrogens (tertiary/aromatic N) is 1. The Bertz CT molecular complexity index is 287. The molecule has 0 radical (unpaired) electrons. The summed E-state index contributed by atoms with van der Waals surface area (Å²) >= 11 is 0. The lowest BCUT2D eigenvalue weighted by atomic mass is 10.0. The van der Waals surface area contributed by atoms with Crippen LogP contribution in [-0.4, -0.2) is 4.98 Å². The van der Waals surface area contributed by atoms with E-state index in [0.29, 0.717) is 11.9 Å². The number of hydrogen-bond donors (Lipinski definition) is 1. The lowest BCUT2D eigenvalue weighted by Crippen LogP contribution is -1.97. The van der Waals surface area contributed by atoms with Gasteiger partial charge in [0.05, 0.1) is 5.69 Å². The first kappa shape index (κ1) is 8.60. The fourth-order valence-corrected chi connectivity index (χ4v) is 2.15. The van der Waals surface area contributed by atoms with E-state index in [1.807, 2.05) is 0 Å². The Morgan fingerprint density at radius 3 is 2.77 bits per heavy atom. The van der Waals surface area contributed by atoms with Gasteiger partial charge in [0, 0.05) is 12.3 Å². The summed E-state index contributed by atoms with van der Waals surface area (Å²) in [5, 5.41) is 0. The standard InChI is InChI=1S/C10H16N2O/c1-2-8-9(12-10(11)13-8)7-5-3-4-6-7/h7H,2-6H2,1H3,(H2,11,12). The summed E-state index contributed by atoms with van der Waals surface area (Å²) in [6.45, 7) is 2.08. The van der Waals surface area contributed by atoms with Gasteiger partial charge in [-0.1, -0.05) is 19.8 Å². The van der Waals surface area contributed by atoms with E-state index in [1.165, 1.54) is 25.7 Å². The highest BCUT2D eigenvalue weighted by Gasteiger charge is 2.23. The van der Waals surface area contributed by atoms with E-state index in [4.69, 9.17) is 10.2 Å². The molecule has 1 saturated carbocycles. The molecule has 72 valence electrons. The van der Waals surface area contributed by atoms with Crippen molar-refractivity contribution in [3.8, 4) is 0 Å². The van der Waals surface area contributed by atoms with Crippen LogP contribution in [0.5, 0.6) is 0 Å². The topological polar surface area (TPSA) is 52.0 Å². The molecule has 0 spiro atoms. The number of aryl methyl sites for hydroxylation is 1.